The van der Waals surface area contributed by atoms with Crippen LogP contribution in [0.2, 0.25) is 5.02 Å². The van der Waals surface area contributed by atoms with Crippen LogP contribution in [0.5, 0.6) is 0 Å². The lowest BCUT2D eigenvalue weighted by atomic mass is 9.90. The number of halogens is 1. The SMILES string of the molecule is O=C1CCC(=O)N1C1CCC(Nc2nc(-c3ccccc3Cl)cs2)CC1. The van der Waals surface area contributed by atoms with Gasteiger partial charge in [-0.25, -0.2) is 4.98 Å². The Morgan fingerprint density at radius 2 is 1.77 bits per heavy atom. The van der Waals surface area contributed by atoms with E-state index in [9.17, 15) is 9.59 Å². The highest BCUT2D eigenvalue weighted by Gasteiger charge is 2.36. The largest absolute Gasteiger partial charge is 0.359 e. The van der Waals surface area contributed by atoms with Gasteiger partial charge in [0.2, 0.25) is 11.8 Å². The fourth-order valence-electron chi connectivity index (χ4n) is 3.79. The van der Waals surface area contributed by atoms with Crippen LogP contribution < -0.4 is 5.32 Å². The molecule has 1 aromatic carbocycles. The molecule has 1 saturated heterocycles. The molecule has 2 aromatic rings. The van der Waals surface area contributed by atoms with E-state index in [-0.39, 0.29) is 17.9 Å². The minimum absolute atomic E-state index is 0.00397. The number of amides is 2. The van der Waals surface area contributed by atoms with Crippen LogP contribution in [0.4, 0.5) is 5.13 Å². The molecule has 0 bridgehead atoms. The number of carbonyl (C=O) groups is 2. The van der Waals surface area contributed by atoms with Crippen LogP contribution in [0.15, 0.2) is 29.6 Å². The maximum Gasteiger partial charge on any atom is 0.229 e. The zero-order valence-corrected chi connectivity index (χ0v) is 15.9. The summed E-state index contributed by atoms with van der Waals surface area (Å²) in [7, 11) is 0. The topological polar surface area (TPSA) is 62.3 Å². The van der Waals surface area contributed by atoms with E-state index in [4.69, 9.17) is 11.6 Å². The Labute approximate surface area is 161 Å². The van der Waals surface area contributed by atoms with E-state index >= 15 is 0 Å². The molecule has 2 fully saturated rings. The molecule has 26 heavy (non-hydrogen) atoms. The Bertz CT molecular complexity index is 814. The van der Waals surface area contributed by atoms with Crippen molar-refractivity contribution in [1.82, 2.24) is 9.88 Å². The van der Waals surface area contributed by atoms with Crippen LogP contribution in [-0.4, -0.2) is 33.8 Å². The summed E-state index contributed by atoms with van der Waals surface area (Å²) >= 11 is 7.82. The fourth-order valence-corrected chi connectivity index (χ4v) is 4.81. The van der Waals surface area contributed by atoms with Crippen molar-refractivity contribution >= 4 is 39.9 Å². The lowest BCUT2D eigenvalue weighted by molar-refractivity contribution is -0.141. The predicted molar refractivity (Wildman–Crippen MR) is 103 cm³/mol. The average molecular weight is 390 g/mol. The minimum Gasteiger partial charge on any atom is -0.359 e. The maximum absolute atomic E-state index is 11.9. The quantitative estimate of drug-likeness (QED) is 0.790. The smallest absolute Gasteiger partial charge is 0.229 e. The van der Waals surface area contributed by atoms with Crippen molar-refractivity contribution in [2.45, 2.75) is 50.6 Å². The highest BCUT2D eigenvalue weighted by atomic mass is 35.5. The summed E-state index contributed by atoms with van der Waals surface area (Å²) in [6.45, 7) is 0. The molecule has 1 aliphatic heterocycles. The van der Waals surface area contributed by atoms with Gasteiger partial charge in [0.15, 0.2) is 5.13 Å². The van der Waals surface area contributed by atoms with Gasteiger partial charge < -0.3 is 5.32 Å². The first-order valence-electron chi connectivity index (χ1n) is 8.93. The van der Waals surface area contributed by atoms with E-state index in [0.29, 0.717) is 23.9 Å². The number of benzene rings is 1. The summed E-state index contributed by atoms with van der Waals surface area (Å²) in [6.07, 6.45) is 4.34. The number of thiazole rings is 1. The second kappa shape index (κ2) is 7.37. The van der Waals surface area contributed by atoms with Gasteiger partial charge in [-0.05, 0) is 31.7 Å². The first-order valence-corrected chi connectivity index (χ1v) is 10.2. The molecule has 2 amide bonds. The average Bonchev–Trinajstić information content (AvgIpc) is 3.23. The molecule has 7 heteroatoms. The molecule has 1 aliphatic carbocycles. The summed E-state index contributed by atoms with van der Waals surface area (Å²) in [5.74, 6) is -0.00794. The number of likely N-dealkylation sites (tertiary alicyclic amines) is 1. The number of hydrogen-bond donors (Lipinski definition) is 1. The van der Waals surface area contributed by atoms with Crippen LogP contribution in [0, 0.1) is 0 Å². The van der Waals surface area contributed by atoms with Crippen molar-refractivity contribution in [3.63, 3.8) is 0 Å². The molecule has 0 spiro atoms. The van der Waals surface area contributed by atoms with Gasteiger partial charge in [-0.15, -0.1) is 11.3 Å². The predicted octanol–water partition coefficient (Wildman–Crippen LogP) is 4.34. The second-order valence-electron chi connectivity index (χ2n) is 6.83. The Morgan fingerprint density at radius 1 is 1.08 bits per heavy atom. The Morgan fingerprint density at radius 3 is 2.46 bits per heavy atom. The third-order valence-electron chi connectivity index (χ3n) is 5.13. The van der Waals surface area contributed by atoms with Crippen LogP contribution in [0.25, 0.3) is 11.3 Å². The summed E-state index contributed by atoms with van der Waals surface area (Å²) in [6, 6.07) is 8.10. The second-order valence-corrected chi connectivity index (χ2v) is 8.09. The van der Waals surface area contributed by atoms with Gasteiger partial charge in [0.25, 0.3) is 0 Å². The monoisotopic (exact) mass is 389 g/mol. The van der Waals surface area contributed by atoms with Gasteiger partial charge in [0, 0.05) is 40.9 Å². The fraction of sp³-hybridized carbons (Fsp3) is 0.421. The van der Waals surface area contributed by atoms with Gasteiger partial charge >= 0.3 is 0 Å². The van der Waals surface area contributed by atoms with Crippen LogP contribution >= 0.6 is 22.9 Å². The number of rotatable bonds is 4. The molecular formula is C19H20ClN3O2S. The Balaban J connectivity index is 1.36. The van der Waals surface area contributed by atoms with Crippen molar-refractivity contribution in [2.75, 3.05) is 5.32 Å². The summed E-state index contributed by atoms with van der Waals surface area (Å²) < 4.78 is 0. The third-order valence-corrected chi connectivity index (χ3v) is 6.24. The number of aromatic nitrogens is 1. The third kappa shape index (κ3) is 3.48. The normalized spacial score (nSPS) is 23.5. The summed E-state index contributed by atoms with van der Waals surface area (Å²) in [5, 5.41) is 7.10. The Kier molecular flexibility index (Phi) is 4.96. The number of nitrogens with one attached hydrogen (secondary N) is 1. The number of carbonyl (C=O) groups excluding carboxylic acids is 2. The first-order chi connectivity index (χ1) is 12.6. The molecule has 0 radical (unpaired) electrons. The van der Waals surface area contributed by atoms with Crippen molar-refractivity contribution in [1.29, 1.82) is 0 Å². The molecule has 5 nitrogen and oxygen atoms in total. The van der Waals surface area contributed by atoms with Gasteiger partial charge in [-0.2, -0.15) is 0 Å². The van der Waals surface area contributed by atoms with Crippen LogP contribution in [-0.2, 0) is 9.59 Å². The van der Waals surface area contributed by atoms with E-state index in [1.54, 1.807) is 11.3 Å². The number of imide groups is 1. The molecule has 1 saturated carbocycles. The highest BCUT2D eigenvalue weighted by molar-refractivity contribution is 7.14. The van der Waals surface area contributed by atoms with E-state index in [0.717, 1.165) is 42.1 Å². The number of anilines is 1. The van der Waals surface area contributed by atoms with E-state index in [2.05, 4.69) is 10.3 Å². The van der Waals surface area contributed by atoms with Gasteiger partial charge in [0.05, 0.1) is 5.69 Å². The summed E-state index contributed by atoms with van der Waals surface area (Å²) in [5.41, 5.74) is 1.82. The first kappa shape index (κ1) is 17.5. The van der Waals surface area contributed by atoms with Crippen LogP contribution in [0.1, 0.15) is 38.5 Å². The number of hydrogen-bond acceptors (Lipinski definition) is 5. The molecule has 4 rings (SSSR count). The van der Waals surface area contributed by atoms with Crippen LogP contribution in [0.3, 0.4) is 0 Å². The lowest BCUT2D eigenvalue weighted by Crippen LogP contribution is -2.43. The Hall–Kier alpha value is -1.92. The zero-order chi connectivity index (χ0) is 18.1. The molecule has 2 aliphatic rings. The van der Waals surface area contributed by atoms with Gasteiger partial charge in [-0.1, -0.05) is 29.8 Å². The van der Waals surface area contributed by atoms with Crippen molar-refractivity contribution in [2.24, 2.45) is 0 Å². The van der Waals surface area contributed by atoms with Crippen molar-refractivity contribution in [3.05, 3.63) is 34.7 Å². The molecule has 1 N–H and O–H groups in total. The highest BCUT2D eigenvalue weighted by Crippen LogP contribution is 2.33. The van der Waals surface area contributed by atoms with Gasteiger partial charge in [0.1, 0.15) is 0 Å². The minimum atomic E-state index is -0.00397. The molecule has 0 unspecified atom stereocenters. The summed E-state index contributed by atoms with van der Waals surface area (Å²) in [4.78, 5) is 30.0. The van der Waals surface area contributed by atoms with E-state index in [1.807, 2.05) is 29.6 Å². The van der Waals surface area contributed by atoms with E-state index < -0.39 is 0 Å². The van der Waals surface area contributed by atoms with Gasteiger partial charge in [-0.3, -0.25) is 14.5 Å². The molecule has 136 valence electrons. The molecule has 0 atom stereocenters. The molecule has 1 aromatic heterocycles. The standard InChI is InChI=1S/C19H20ClN3O2S/c20-15-4-2-1-3-14(15)16-11-26-19(22-16)21-12-5-7-13(8-6-12)23-17(24)9-10-18(23)25/h1-4,11-13H,5-10H2,(H,21,22). The maximum atomic E-state index is 11.9. The van der Waals surface area contributed by atoms with Crippen molar-refractivity contribution in [3.8, 4) is 11.3 Å². The molecule has 2 heterocycles. The van der Waals surface area contributed by atoms with Crippen molar-refractivity contribution < 1.29 is 9.59 Å². The zero-order valence-electron chi connectivity index (χ0n) is 14.3. The van der Waals surface area contributed by atoms with E-state index in [1.165, 1.54) is 4.90 Å². The number of nitrogens with zero attached hydrogens (tertiary/aromatic N) is 2. The molecular weight excluding hydrogens is 370 g/mol. The lowest BCUT2D eigenvalue weighted by Gasteiger charge is -2.33.